The van der Waals surface area contributed by atoms with Crippen LogP contribution >= 0.6 is 11.3 Å². The second-order valence-electron chi connectivity index (χ2n) is 7.59. The Kier molecular flexibility index (Phi) is 5.41. The van der Waals surface area contributed by atoms with Crippen LogP contribution in [0.5, 0.6) is 0 Å². The number of rotatable bonds is 5. The highest BCUT2D eigenvalue weighted by atomic mass is 32.1. The number of Topliss-reactive ketones (excluding diaryl/α,β-unsaturated/α-hetero) is 2. The van der Waals surface area contributed by atoms with Crippen LogP contribution in [0.15, 0.2) is 46.1 Å². The minimum atomic E-state index is -0.496. The third-order valence-electron chi connectivity index (χ3n) is 5.62. The van der Waals surface area contributed by atoms with Gasteiger partial charge in [-0.25, -0.2) is 9.80 Å². The maximum absolute atomic E-state index is 13.4. The number of ether oxygens (including phenoxy) is 1. The molecular weight excluding hydrogens is 430 g/mol. The van der Waals surface area contributed by atoms with Crippen molar-refractivity contribution in [1.29, 1.82) is 0 Å². The summed E-state index contributed by atoms with van der Waals surface area (Å²) in [5, 5.41) is 13.2. The second kappa shape index (κ2) is 8.38. The molecule has 3 heterocycles. The Morgan fingerprint density at radius 3 is 2.81 bits per heavy atom. The van der Waals surface area contributed by atoms with E-state index in [0.29, 0.717) is 65.7 Å². The first kappa shape index (κ1) is 20.7. The van der Waals surface area contributed by atoms with Crippen LogP contribution in [-0.2, 0) is 4.74 Å². The van der Waals surface area contributed by atoms with Crippen LogP contribution in [0.3, 0.4) is 0 Å². The van der Waals surface area contributed by atoms with Gasteiger partial charge in [0.1, 0.15) is 11.7 Å². The molecule has 1 atom stereocenters. The van der Waals surface area contributed by atoms with Gasteiger partial charge in [0.05, 0.1) is 39.8 Å². The van der Waals surface area contributed by atoms with Crippen molar-refractivity contribution in [3.63, 3.8) is 0 Å². The lowest BCUT2D eigenvalue weighted by Crippen LogP contribution is -2.49. The smallest absolute Gasteiger partial charge is 0.333 e. The van der Waals surface area contributed by atoms with E-state index >= 15 is 0 Å². The molecule has 0 radical (unpaired) electrons. The Labute approximate surface area is 188 Å². The number of hydrogen-bond donors (Lipinski definition) is 2. The van der Waals surface area contributed by atoms with E-state index < -0.39 is 12.1 Å². The van der Waals surface area contributed by atoms with Crippen molar-refractivity contribution in [3.8, 4) is 0 Å². The summed E-state index contributed by atoms with van der Waals surface area (Å²) in [7, 11) is 0. The van der Waals surface area contributed by atoms with Crippen LogP contribution in [-0.4, -0.2) is 48.9 Å². The molecule has 2 aromatic rings. The lowest BCUT2D eigenvalue weighted by atomic mass is 10.1. The third kappa shape index (κ3) is 3.56. The Bertz CT molecular complexity index is 1180. The van der Waals surface area contributed by atoms with E-state index in [1.54, 1.807) is 23.2 Å². The number of morpholine rings is 1. The molecule has 0 saturated carbocycles. The minimum absolute atomic E-state index is 0.0529. The number of ketones is 2. The molecule has 0 spiro atoms. The van der Waals surface area contributed by atoms with E-state index in [4.69, 9.17) is 4.74 Å². The zero-order chi connectivity index (χ0) is 22.2. The molecule has 2 amide bonds. The average molecular weight is 452 g/mol. The topological polar surface area (TPSA) is 112 Å². The van der Waals surface area contributed by atoms with Crippen molar-refractivity contribution in [2.45, 2.75) is 19.4 Å². The van der Waals surface area contributed by atoms with E-state index in [-0.39, 0.29) is 11.6 Å². The summed E-state index contributed by atoms with van der Waals surface area (Å²) in [4.78, 5) is 39.3. The molecule has 1 aromatic carbocycles. The van der Waals surface area contributed by atoms with Crippen LogP contribution in [0.2, 0.25) is 0 Å². The fraction of sp³-hybridized carbons (Fsp3) is 0.318. The van der Waals surface area contributed by atoms with Crippen molar-refractivity contribution in [2.24, 2.45) is 10.2 Å². The number of azo groups is 1. The molecule has 10 heteroatoms. The predicted octanol–water partition coefficient (Wildman–Crippen LogP) is 3.82. The largest absolute Gasteiger partial charge is 0.379 e. The Hall–Kier alpha value is -3.21. The standard InChI is InChI=1S/C22H21N5O4S/c1-2-14(28)15-6-7-16(32-15)20-18-19(24-25-20)12-4-3-5-13(17(12)21(18)29)23-22(30)26-27-8-10-31-11-9-27/h3-7,19H,2,8-11H2,1H3,(H2,23,26,30). The summed E-state index contributed by atoms with van der Waals surface area (Å²) in [5.41, 5.74) is 5.35. The van der Waals surface area contributed by atoms with Gasteiger partial charge in [-0.1, -0.05) is 19.1 Å². The van der Waals surface area contributed by atoms with Gasteiger partial charge in [0.15, 0.2) is 11.6 Å². The number of carbonyl (C=O) groups is 3. The molecule has 1 aromatic heterocycles. The molecule has 164 valence electrons. The maximum atomic E-state index is 13.4. The number of hydrogen-bond acceptors (Lipinski definition) is 8. The highest BCUT2D eigenvalue weighted by molar-refractivity contribution is 7.15. The number of hydrazine groups is 1. The zero-order valence-electron chi connectivity index (χ0n) is 17.4. The summed E-state index contributed by atoms with van der Waals surface area (Å²) in [6, 6.07) is 7.98. The van der Waals surface area contributed by atoms with Gasteiger partial charge >= 0.3 is 6.03 Å². The van der Waals surface area contributed by atoms with Gasteiger partial charge in [-0.15, -0.1) is 11.3 Å². The number of nitrogens with one attached hydrogen (secondary N) is 2. The molecule has 9 nitrogen and oxygen atoms in total. The molecule has 2 N–H and O–H groups in total. The number of thiophene rings is 1. The molecule has 1 aliphatic carbocycles. The maximum Gasteiger partial charge on any atom is 0.333 e. The molecular formula is C22H21N5O4S. The van der Waals surface area contributed by atoms with Gasteiger partial charge in [0.2, 0.25) is 0 Å². The number of carbonyl (C=O) groups excluding carboxylic acids is 3. The highest BCUT2D eigenvalue weighted by Crippen LogP contribution is 2.49. The number of amides is 2. The minimum Gasteiger partial charge on any atom is -0.379 e. The van der Waals surface area contributed by atoms with Gasteiger partial charge in [-0.2, -0.15) is 10.2 Å². The highest BCUT2D eigenvalue weighted by Gasteiger charge is 2.42. The summed E-state index contributed by atoms with van der Waals surface area (Å²) in [5.74, 6) is -0.152. The van der Waals surface area contributed by atoms with Crippen LogP contribution in [0.1, 0.15) is 49.9 Å². The third-order valence-corrected chi connectivity index (χ3v) is 6.75. The van der Waals surface area contributed by atoms with Crippen molar-refractivity contribution in [3.05, 3.63) is 56.8 Å². The molecule has 0 bridgehead atoms. The Balaban J connectivity index is 1.42. The molecule has 1 fully saturated rings. The molecule has 3 aliphatic rings. The summed E-state index contributed by atoms with van der Waals surface area (Å²) < 4.78 is 5.28. The van der Waals surface area contributed by atoms with Crippen LogP contribution in [0, 0.1) is 0 Å². The number of benzene rings is 1. The molecule has 1 saturated heterocycles. The van der Waals surface area contributed by atoms with Gasteiger partial charge in [0, 0.05) is 19.5 Å². The normalized spacial score (nSPS) is 19.8. The van der Waals surface area contributed by atoms with Crippen LogP contribution < -0.4 is 10.7 Å². The molecule has 2 aliphatic heterocycles. The number of urea groups is 1. The average Bonchev–Trinajstić information content (AvgIpc) is 3.51. The monoisotopic (exact) mass is 451 g/mol. The molecule has 32 heavy (non-hydrogen) atoms. The van der Waals surface area contributed by atoms with Crippen molar-refractivity contribution in [2.75, 3.05) is 31.6 Å². The first-order chi connectivity index (χ1) is 15.6. The van der Waals surface area contributed by atoms with E-state index in [1.807, 2.05) is 19.1 Å². The van der Waals surface area contributed by atoms with Crippen LogP contribution in [0.25, 0.3) is 5.70 Å². The second-order valence-corrected chi connectivity index (χ2v) is 8.67. The molecule has 5 rings (SSSR count). The van der Waals surface area contributed by atoms with Crippen molar-refractivity contribution < 1.29 is 19.1 Å². The SMILES string of the molecule is CCC(=O)c1ccc(C2=C3C(=O)c4c(NC(=O)NN5CCOCC5)cccc4C3N=N2)s1. The summed E-state index contributed by atoms with van der Waals surface area (Å²) >= 11 is 1.32. The fourth-order valence-corrected chi connectivity index (χ4v) is 5.05. The van der Waals surface area contributed by atoms with E-state index in [1.165, 1.54) is 11.3 Å². The number of fused-ring (bicyclic) bond motifs is 3. The summed E-state index contributed by atoms with van der Waals surface area (Å²) in [6.07, 6.45) is 0.419. The lowest BCUT2D eigenvalue weighted by molar-refractivity contribution is 0.0207. The van der Waals surface area contributed by atoms with Crippen LogP contribution in [0.4, 0.5) is 10.5 Å². The molecule has 1 unspecified atom stereocenters. The van der Waals surface area contributed by atoms with Gasteiger partial charge in [-0.3, -0.25) is 15.0 Å². The Morgan fingerprint density at radius 1 is 1.22 bits per heavy atom. The van der Waals surface area contributed by atoms with Gasteiger partial charge < -0.3 is 10.1 Å². The van der Waals surface area contributed by atoms with Crippen molar-refractivity contribution in [1.82, 2.24) is 10.4 Å². The van der Waals surface area contributed by atoms with Gasteiger partial charge in [0.25, 0.3) is 0 Å². The quantitative estimate of drug-likeness (QED) is 0.671. The zero-order valence-corrected chi connectivity index (χ0v) is 18.2. The van der Waals surface area contributed by atoms with E-state index in [0.717, 1.165) is 4.88 Å². The van der Waals surface area contributed by atoms with E-state index in [9.17, 15) is 14.4 Å². The van der Waals surface area contributed by atoms with Gasteiger partial charge in [-0.05, 0) is 23.8 Å². The lowest BCUT2D eigenvalue weighted by Gasteiger charge is -2.27. The first-order valence-corrected chi connectivity index (χ1v) is 11.2. The van der Waals surface area contributed by atoms with Crippen molar-refractivity contribution >= 4 is 40.3 Å². The number of nitrogens with zero attached hydrogens (tertiary/aromatic N) is 3. The fourth-order valence-electron chi connectivity index (χ4n) is 4.04. The first-order valence-electron chi connectivity index (χ1n) is 10.4. The predicted molar refractivity (Wildman–Crippen MR) is 119 cm³/mol. The Morgan fingerprint density at radius 2 is 2.03 bits per heavy atom. The van der Waals surface area contributed by atoms with E-state index in [2.05, 4.69) is 21.0 Å². The summed E-state index contributed by atoms with van der Waals surface area (Å²) in [6.45, 7) is 4.12. The number of anilines is 1.